The van der Waals surface area contributed by atoms with Crippen LogP contribution in [0, 0.1) is 6.92 Å². The van der Waals surface area contributed by atoms with Crippen LogP contribution in [0.4, 0.5) is 5.82 Å². The standard InChI is InChI=1S/C20H15ClN4O3S/c1-12-15-9-16(29-19(15)25(24-12)14-5-3-2-4-6-14)20(27)28-11-18(26)23-17-8-7-13(21)10-22-17/h2-10H,11H2,1H3,(H,22,23,26). The van der Waals surface area contributed by atoms with Crippen molar-refractivity contribution in [3.05, 3.63) is 70.3 Å². The molecule has 0 aliphatic rings. The molecule has 1 aromatic carbocycles. The summed E-state index contributed by atoms with van der Waals surface area (Å²) in [6.07, 6.45) is 1.42. The lowest BCUT2D eigenvalue weighted by Crippen LogP contribution is -2.21. The van der Waals surface area contributed by atoms with Crippen LogP contribution in [0.25, 0.3) is 15.9 Å². The van der Waals surface area contributed by atoms with Crippen molar-refractivity contribution in [2.75, 3.05) is 11.9 Å². The Balaban J connectivity index is 1.46. The van der Waals surface area contributed by atoms with E-state index in [1.807, 2.05) is 37.3 Å². The van der Waals surface area contributed by atoms with E-state index in [2.05, 4.69) is 15.4 Å². The molecule has 0 atom stereocenters. The Morgan fingerprint density at radius 3 is 2.72 bits per heavy atom. The average molecular weight is 427 g/mol. The van der Waals surface area contributed by atoms with Crippen LogP contribution in [0.1, 0.15) is 15.4 Å². The van der Waals surface area contributed by atoms with Crippen molar-refractivity contribution in [1.82, 2.24) is 14.8 Å². The van der Waals surface area contributed by atoms with Gasteiger partial charge < -0.3 is 10.1 Å². The lowest BCUT2D eigenvalue weighted by Gasteiger charge is -2.05. The van der Waals surface area contributed by atoms with E-state index in [4.69, 9.17) is 16.3 Å². The van der Waals surface area contributed by atoms with Gasteiger partial charge in [-0.05, 0) is 37.3 Å². The summed E-state index contributed by atoms with van der Waals surface area (Å²) < 4.78 is 6.94. The quantitative estimate of drug-likeness (QED) is 0.482. The zero-order valence-corrected chi connectivity index (χ0v) is 16.8. The van der Waals surface area contributed by atoms with Crippen molar-refractivity contribution in [2.24, 2.45) is 0 Å². The summed E-state index contributed by atoms with van der Waals surface area (Å²) in [6, 6.07) is 14.6. The van der Waals surface area contributed by atoms with E-state index in [0.29, 0.717) is 15.7 Å². The number of hydrogen-bond acceptors (Lipinski definition) is 6. The van der Waals surface area contributed by atoms with Crippen LogP contribution in [0.15, 0.2) is 54.7 Å². The summed E-state index contributed by atoms with van der Waals surface area (Å²) in [7, 11) is 0. The molecule has 1 N–H and O–H groups in total. The smallest absolute Gasteiger partial charge is 0.348 e. The first-order chi connectivity index (χ1) is 14.0. The number of thiophene rings is 1. The van der Waals surface area contributed by atoms with Gasteiger partial charge >= 0.3 is 5.97 Å². The number of carbonyl (C=O) groups is 2. The van der Waals surface area contributed by atoms with Crippen LogP contribution in [0.2, 0.25) is 5.02 Å². The van der Waals surface area contributed by atoms with Crippen molar-refractivity contribution in [3.8, 4) is 5.69 Å². The summed E-state index contributed by atoms with van der Waals surface area (Å²) in [4.78, 5) is 29.6. The third-order valence-electron chi connectivity index (χ3n) is 4.08. The second-order valence-corrected chi connectivity index (χ2v) is 7.62. The number of benzene rings is 1. The molecule has 3 aromatic heterocycles. The second-order valence-electron chi connectivity index (χ2n) is 6.15. The monoisotopic (exact) mass is 426 g/mol. The minimum absolute atomic E-state index is 0.330. The lowest BCUT2D eigenvalue weighted by atomic mass is 10.3. The number of aromatic nitrogens is 3. The van der Waals surface area contributed by atoms with Crippen molar-refractivity contribution < 1.29 is 14.3 Å². The van der Waals surface area contributed by atoms with Gasteiger partial charge in [-0.1, -0.05) is 29.8 Å². The van der Waals surface area contributed by atoms with Gasteiger partial charge in [0.1, 0.15) is 15.5 Å². The van der Waals surface area contributed by atoms with Gasteiger partial charge in [0.15, 0.2) is 6.61 Å². The molecule has 9 heteroatoms. The fourth-order valence-electron chi connectivity index (χ4n) is 2.72. The van der Waals surface area contributed by atoms with E-state index in [9.17, 15) is 9.59 Å². The minimum atomic E-state index is -0.565. The highest BCUT2D eigenvalue weighted by Gasteiger charge is 2.19. The number of carbonyl (C=O) groups excluding carboxylic acids is 2. The van der Waals surface area contributed by atoms with Gasteiger partial charge in [-0.25, -0.2) is 14.5 Å². The van der Waals surface area contributed by atoms with E-state index in [1.54, 1.807) is 22.9 Å². The Kier molecular flexibility index (Phi) is 5.28. The van der Waals surface area contributed by atoms with E-state index < -0.39 is 18.5 Å². The predicted octanol–water partition coefficient (Wildman–Crippen LogP) is 4.24. The number of pyridine rings is 1. The number of rotatable bonds is 5. The van der Waals surface area contributed by atoms with Crippen LogP contribution in [0.5, 0.6) is 0 Å². The summed E-state index contributed by atoms with van der Waals surface area (Å²) in [5.41, 5.74) is 1.72. The molecular weight excluding hydrogens is 412 g/mol. The van der Waals surface area contributed by atoms with Gasteiger partial charge in [0.05, 0.1) is 16.4 Å². The minimum Gasteiger partial charge on any atom is -0.451 e. The first-order valence-electron chi connectivity index (χ1n) is 8.64. The number of ether oxygens (including phenoxy) is 1. The molecule has 0 aliphatic heterocycles. The molecule has 0 unspecified atom stereocenters. The summed E-state index contributed by atoms with van der Waals surface area (Å²) in [5, 5.41) is 8.42. The van der Waals surface area contributed by atoms with Gasteiger partial charge in [-0.3, -0.25) is 4.79 Å². The molecular formula is C20H15ClN4O3S. The number of fused-ring (bicyclic) bond motifs is 1. The normalized spacial score (nSPS) is 10.8. The predicted molar refractivity (Wildman–Crippen MR) is 112 cm³/mol. The highest BCUT2D eigenvalue weighted by molar-refractivity contribution is 7.20. The Morgan fingerprint density at radius 2 is 2.00 bits per heavy atom. The SMILES string of the molecule is Cc1nn(-c2ccccc2)c2sc(C(=O)OCC(=O)Nc3ccc(Cl)cn3)cc12. The van der Waals surface area contributed by atoms with E-state index >= 15 is 0 Å². The number of halogens is 1. The molecule has 0 saturated heterocycles. The first kappa shape index (κ1) is 19.1. The van der Waals surface area contributed by atoms with Crippen molar-refractivity contribution in [2.45, 2.75) is 6.92 Å². The molecule has 0 spiro atoms. The molecule has 0 bridgehead atoms. The molecule has 4 rings (SSSR count). The molecule has 0 aliphatic carbocycles. The first-order valence-corrected chi connectivity index (χ1v) is 9.84. The number of nitrogens with zero attached hydrogens (tertiary/aromatic N) is 3. The third-order valence-corrected chi connectivity index (χ3v) is 5.39. The molecule has 3 heterocycles. The number of esters is 1. The maximum absolute atomic E-state index is 12.4. The third kappa shape index (κ3) is 4.13. The number of hydrogen-bond donors (Lipinski definition) is 1. The van der Waals surface area contributed by atoms with E-state index in [-0.39, 0.29) is 0 Å². The lowest BCUT2D eigenvalue weighted by molar-refractivity contribution is -0.119. The van der Waals surface area contributed by atoms with Crippen molar-refractivity contribution >= 4 is 50.8 Å². The topological polar surface area (TPSA) is 86.1 Å². The van der Waals surface area contributed by atoms with Gasteiger partial charge in [0, 0.05) is 11.6 Å². The molecule has 29 heavy (non-hydrogen) atoms. The number of amides is 1. The highest BCUT2D eigenvalue weighted by atomic mass is 35.5. The van der Waals surface area contributed by atoms with Crippen LogP contribution in [-0.2, 0) is 9.53 Å². The zero-order chi connectivity index (χ0) is 20.4. The summed E-state index contributed by atoms with van der Waals surface area (Å²) in [6.45, 7) is 1.47. The molecule has 4 aromatic rings. The van der Waals surface area contributed by atoms with Crippen LogP contribution >= 0.6 is 22.9 Å². The number of anilines is 1. The van der Waals surface area contributed by atoms with Gasteiger partial charge in [-0.2, -0.15) is 5.10 Å². The molecule has 7 nitrogen and oxygen atoms in total. The molecule has 0 saturated carbocycles. The molecule has 0 fully saturated rings. The maximum atomic E-state index is 12.4. The van der Waals surface area contributed by atoms with Gasteiger partial charge in [0.2, 0.25) is 0 Å². The highest BCUT2D eigenvalue weighted by Crippen LogP contribution is 2.30. The van der Waals surface area contributed by atoms with Crippen LogP contribution in [0.3, 0.4) is 0 Å². The Hall–Kier alpha value is -3.23. The number of nitrogens with one attached hydrogen (secondary N) is 1. The van der Waals surface area contributed by atoms with Crippen LogP contribution in [-0.4, -0.2) is 33.2 Å². The van der Waals surface area contributed by atoms with Gasteiger partial charge in [-0.15, -0.1) is 11.3 Å². The Labute approximate surface area is 174 Å². The molecule has 1 amide bonds. The van der Waals surface area contributed by atoms with Crippen molar-refractivity contribution in [3.63, 3.8) is 0 Å². The van der Waals surface area contributed by atoms with E-state index in [1.165, 1.54) is 17.5 Å². The largest absolute Gasteiger partial charge is 0.451 e. The van der Waals surface area contributed by atoms with Crippen LogP contribution < -0.4 is 5.32 Å². The number of para-hydroxylation sites is 1. The molecule has 146 valence electrons. The fraction of sp³-hybridized carbons (Fsp3) is 0.100. The van der Waals surface area contributed by atoms with Gasteiger partial charge in [0.25, 0.3) is 5.91 Å². The van der Waals surface area contributed by atoms with Crippen molar-refractivity contribution in [1.29, 1.82) is 0 Å². The second kappa shape index (κ2) is 8.02. The maximum Gasteiger partial charge on any atom is 0.348 e. The zero-order valence-electron chi connectivity index (χ0n) is 15.3. The summed E-state index contributed by atoms with van der Waals surface area (Å²) in [5.74, 6) is -0.721. The Morgan fingerprint density at radius 1 is 1.21 bits per heavy atom. The Bertz CT molecular complexity index is 1190. The molecule has 0 radical (unpaired) electrons. The number of aryl methyl sites for hydroxylation is 1. The fourth-order valence-corrected chi connectivity index (χ4v) is 3.91. The van der Waals surface area contributed by atoms with E-state index in [0.717, 1.165) is 21.6 Å². The average Bonchev–Trinajstić information content (AvgIpc) is 3.29. The summed E-state index contributed by atoms with van der Waals surface area (Å²) >= 11 is 7.03.